The number of hydrogen-bond acceptors (Lipinski definition) is 5. The molecule has 2 aromatic carbocycles. The molecule has 0 spiro atoms. The van der Waals surface area contributed by atoms with Crippen molar-refractivity contribution >= 4 is 23.4 Å². The molecule has 1 aliphatic carbocycles. The van der Waals surface area contributed by atoms with Crippen molar-refractivity contribution < 1.29 is 23.1 Å². The second-order valence-electron chi connectivity index (χ2n) is 10.4. The molecule has 11 heteroatoms. The van der Waals surface area contributed by atoms with Gasteiger partial charge in [-0.05, 0) is 79.3 Å². The number of pyridine rings is 2. The van der Waals surface area contributed by atoms with Crippen molar-refractivity contribution in [3.63, 3.8) is 0 Å². The average molecular weight is 572 g/mol. The molecule has 2 aromatic heterocycles. The molecular formula is C31H27F2N5O4. The standard InChI is InChI=1S/C31H27F2N5O4/c32-21-6-9-23(10-7-21)38-14-2-5-25(30(38)40)29(39)35-22-8-11-27(26(33)15-22)42-24-12-13-34-28(16-24)36-31(41)37-17-19-3-1-4-20(19)18-37/h2,5-16,19-20H,1,3-4,17-18H2,(H,35,39)(H,34,36,41). The van der Waals surface area contributed by atoms with E-state index in [-0.39, 0.29) is 34.6 Å². The van der Waals surface area contributed by atoms with E-state index < -0.39 is 23.1 Å². The van der Waals surface area contributed by atoms with E-state index >= 15 is 0 Å². The minimum Gasteiger partial charge on any atom is -0.454 e. The molecule has 1 aliphatic heterocycles. The van der Waals surface area contributed by atoms with Crippen LogP contribution in [0.2, 0.25) is 0 Å². The molecule has 9 nitrogen and oxygen atoms in total. The number of hydrogen-bond donors (Lipinski definition) is 2. The van der Waals surface area contributed by atoms with Crippen LogP contribution in [-0.4, -0.2) is 39.5 Å². The van der Waals surface area contributed by atoms with Crippen LogP contribution in [0.25, 0.3) is 5.69 Å². The number of benzene rings is 2. The minimum atomic E-state index is -0.754. The molecule has 2 unspecified atom stereocenters. The molecule has 2 aliphatic rings. The Balaban J connectivity index is 1.10. The predicted octanol–water partition coefficient (Wildman–Crippen LogP) is 5.82. The molecule has 1 saturated heterocycles. The van der Waals surface area contributed by atoms with E-state index in [1.807, 2.05) is 4.90 Å². The molecule has 2 atom stereocenters. The number of nitrogens with one attached hydrogen (secondary N) is 2. The van der Waals surface area contributed by atoms with Crippen LogP contribution in [0.4, 0.5) is 25.1 Å². The van der Waals surface area contributed by atoms with Gasteiger partial charge >= 0.3 is 6.03 Å². The van der Waals surface area contributed by atoms with Gasteiger partial charge in [0.25, 0.3) is 11.5 Å². The first kappa shape index (κ1) is 27.1. The Labute approximate surface area is 239 Å². The van der Waals surface area contributed by atoms with Crippen molar-refractivity contribution in [1.29, 1.82) is 0 Å². The number of nitrogens with zero attached hydrogens (tertiary/aromatic N) is 3. The molecule has 4 aromatic rings. The van der Waals surface area contributed by atoms with Gasteiger partial charge in [-0.1, -0.05) is 6.42 Å². The van der Waals surface area contributed by atoms with Crippen LogP contribution in [0.3, 0.4) is 0 Å². The van der Waals surface area contributed by atoms with E-state index in [9.17, 15) is 23.2 Å². The zero-order valence-electron chi connectivity index (χ0n) is 22.4. The number of aromatic nitrogens is 2. The van der Waals surface area contributed by atoms with Crippen LogP contribution in [0.1, 0.15) is 29.6 Å². The Bertz CT molecular complexity index is 1700. The highest BCUT2D eigenvalue weighted by Gasteiger charge is 2.38. The third kappa shape index (κ3) is 5.71. The lowest BCUT2D eigenvalue weighted by molar-refractivity contribution is 0.102. The van der Waals surface area contributed by atoms with Crippen molar-refractivity contribution in [3.05, 3.63) is 107 Å². The van der Waals surface area contributed by atoms with Crippen molar-refractivity contribution in [1.82, 2.24) is 14.5 Å². The van der Waals surface area contributed by atoms with Crippen molar-refractivity contribution in [2.24, 2.45) is 11.8 Å². The molecular weight excluding hydrogens is 544 g/mol. The third-order valence-electron chi connectivity index (χ3n) is 7.69. The molecule has 1 saturated carbocycles. The smallest absolute Gasteiger partial charge is 0.323 e. The van der Waals surface area contributed by atoms with Gasteiger partial charge < -0.3 is 15.0 Å². The zero-order valence-corrected chi connectivity index (χ0v) is 22.4. The summed E-state index contributed by atoms with van der Waals surface area (Å²) in [6.07, 6.45) is 6.46. The number of fused-ring (bicyclic) bond motifs is 1. The number of urea groups is 1. The van der Waals surface area contributed by atoms with Crippen LogP contribution in [0.5, 0.6) is 11.5 Å². The van der Waals surface area contributed by atoms with Crippen LogP contribution >= 0.6 is 0 Å². The quantitative estimate of drug-likeness (QED) is 0.304. The predicted molar refractivity (Wildman–Crippen MR) is 152 cm³/mol. The van der Waals surface area contributed by atoms with Gasteiger partial charge in [-0.25, -0.2) is 18.6 Å². The maximum atomic E-state index is 14.9. The van der Waals surface area contributed by atoms with Crippen molar-refractivity contribution in [2.75, 3.05) is 23.7 Å². The fourth-order valence-corrected chi connectivity index (χ4v) is 5.59. The van der Waals surface area contributed by atoms with E-state index in [2.05, 4.69) is 15.6 Å². The summed E-state index contributed by atoms with van der Waals surface area (Å²) in [5.41, 5.74) is -0.290. The number of ether oxygens (including phenoxy) is 1. The summed E-state index contributed by atoms with van der Waals surface area (Å²) in [6.45, 7) is 1.49. The maximum Gasteiger partial charge on any atom is 0.323 e. The normalized spacial score (nSPS) is 17.5. The first-order valence-corrected chi connectivity index (χ1v) is 13.6. The third-order valence-corrected chi connectivity index (χ3v) is 7.69. The Morgan fingerprint density at radius 3 is 2.43 bits per heavy atom. The van der Waals surface area contributed by atoms with Gasteiger partial charge in [-0.2, -0.15) is 0 Å². The fraction of sp³-hybridized carbons (Fsp3) is 0.226. The van der Waals surface area contributed by atoms with Gasteiger partial charge in [-0.3, -0.25) is 19.5 Å². The van der Waals surface area contributed by atoms with E-state index in [0.29, 0.717) is 17.5 Å². The summed E-state index contributed by atoms with van der Waals surface area (Å²) in [7, 11) is 0. The van der Waals surface area contributed by atoms with Crippen LogP contribution in [0.15, 0.2) is 83.9 Å². The van der Waals surface area contributed by atoms with E-state index in [1.165, 1.54) is 84.0 Å². The SMILES string of the molecule is O=C(Nc1ccc(Oc2ccnc(NC(=O)N3CC4CCCC4C3)c2)c(F)c1)c1cccn(-c2ccc(F)cc2)c1=O. The summed E-state index contributed by atoms with van der Waals surface area (Å²) in [6, 6.07) is 14.8. The first-order chi connectivity index (χ1) is 20.3. The van der Waals surface area contributed by atoms with Crippen molar-refractivity contribution in [2.45, 2.75) is 19.3 Å². The summed E-state index contributed by atoms with van der Waals surface area (Å²) in [5, 5.41) is 5.31. The molecule has 2 fully saturated rings. The lowest BCUT2D eigenvalue weighted by Gasteiger charge is -2.18. The molecule has 214 valence electrons. The number of amides is 3. The molecule has 42 heavy (non-hydrogen) atoms. The highest BCUT2D eigenvalue weighted by molar-refractivity contribution is 6.04. The van der Waals surface area contributed by atoms with Crippen molar-refractivity contribution in [3.8, 4) is 17.2 Å². The zero-order chi connectivity index (χ0) is 29.2. The number of carbonyl (C=O) groups is 2. The minimum absolute atomic E-state index is 0.109. The summed E-state index contributed by atoms with van der Waals surface area (Å²) >= 11 is 0. The van der Waals surface area contributed by atoms with Crippen LogP contribution < -0.4 is 20.9 Å². The Morgan fingerprint density at radius 2 is 1.69 bits per heavy atom. The topological polar surface area (TPSA) is 106 Å². The number of carbonyl (C=O) groups excluding carboxylic acids is 2. The van der Waals surface area contributed by atoms with E-state index in [1.54, 1.807) is 0 Å². The molecule has 3 amide bonds. The number of rotatable bonds is 6. The molecule has 3 heterocycles. The Morgan fingerprint density at radius 1 is 0.929 bits per heavy atom. The van der Waals surface area contributed by atoms with Crippen LogP contribution in [-0.2, 0) is 0 Å². The highest BCUT2D eigenvalue weighted by Crippen LogP contribution is 2.38. The first-order valence-electron chi connectivity index (χ1n) is 13.6. The monoisotopic (exact) mass is 571 g/mol. The second-order valence-corrected chi connectivity index (χ2v) is 10.4. The number of likely N-dealkylation sites (tertiary alicyclic amines) is 1. The van der Waals surface area contributed by atoms with Gasteiger partial charge in [0.05, 0.1) is 0 Å². The lowest BCUT2D eigenvalue weighted by atomic mass is 10.0. The summed E-state index contributed by atoms with van der Waals surface area (Å²) in [4.78, 5) is 44.5. The van der Waals surface area contributed by atoms with Gasteiger partial charge in [0, 0.05) is 49.0 Å². The molecule has 6 rings (SSSR count). The largest absolute Gasteiger partial charge is 0.454 e. The number of anilines is 2. The van der Waals surface area contributed by atoms with Gasteiger partial charge in [0.2, 0.25) is 0 Å². The summed E-state index contributed by atoms with van der Waals surface area (Å²) in [5.74, 6) is -0.360. The maximum absolute atomic E-state index is 14.9. The highest BCUT2D eigenvalue weighted by atomic mass is 19.1. The van der Waals surface area contributed by atoms with Gasteiger partial charge in [-0.15, -0.1) is 0 Å². The second kappa shape index (κ2) is 11.4. The molecule has 0 bridgehead atoms. The molecule has 2 N–H and O–H groups in total. The van der Waals surface area contributed by atoms with Gasteiger partial charge in [0.15, 0.2) is 11.6 Å². The van der Waals surface area contributed by atoms with Crippen LogP contribution in [0, 0.1) is 23.5 Å². The Kier molecular flexibility index (Phi) is 7.39. The average Bonchev–Trinajstić information content (AvgIpc) is 3.59. The van der Waals surface area contributed by atoms with Gasteiger partial charge in [0.1, 0.15) is 22.9 Å². The fourth-order valence-electron chi connectivity index (χ4n) is 5.59. The Hall–Kier alpha value is -5.06. The molecule has 0 radical (unpaired) electrons. The van der Waals surface area contributed by atoms with E-state index in [0.717, 1.165) is 32.0 Å². The van der Waals surface area contributed by atoms with E-state index in [4.69, 9.17) is 4.74 Å². The summed E-state index contributed by atoms with van der Waals surface area (Å²) < 4.78 is 35.1. The number of halogens is 2. The lowest BCUT2D eigenvalue weighted by Crippen LogP contribution is -2.33.